The molecule has 8 heteroatoms. The van der Waals surface area contributed by atoms with E-state index in [9.17, 15) is 9.59 Å². The quantitative estimate of drug-likeness (QED) is 0.489. The van der Waals surface area contributed by atoms with E-state index >= 15 is 0 Å². The molecular weight excluding hydrogens is 426 g/mol. The first-order valence-electron chi connectivity index (χ1n) is 10.7. The zero-order valence-corrected chi connectivity index (χ0v) is 19.2. The predicted molar refractivity (Wildman–Crippen MR) is 128 cm³/mol. The fraction of sp³-hybridized carbons (Fsp3) is 0.375. The molecule has 0 saturated carbocycles. The summed E-state index contributed by atoms with van der Waals surface area (Å²) in [5.74, 6) is 0.802. The van der Waals surface area contributed by atoms with Crippen LogP contribution in [0.2, 0.25) is 0 Å². The first kappa shape index (κ1) is 23.7. The first-order chi connectivity index (χ1) is 15.5. The number of carbonyl (C=O) groups excluding carboxylic acids is 2. The van der Waals surface area contributed by atoms with Crippen molar-refractivity contribution >= 4 is 34.8 Å². The summed E-state index contributed by atoms with van der Waals surface area (Å²) < 4.78 is 10.6. The third-order valence-electron chi connectivity index (χ3n) is 5.36. The average molecular weight is 456 g/mol. The molecule has 1 aliphatic rings. The van der Waals surface area contributed by atoms with Crippen molar-refractivity contribution in [3.63, 3.8) is 0 Å². The van der Waals surface area contributed by atoms with E-state index in [0.29, 0.717) is 41.7 Å². The van der Waals surface area contributed by atoms with E-state index in [1.165, 1.54) is 0 Å². The number of carbonyl (C=O) groups is 2. The predicted octanol–water partition coefficient (Wildman–Crippen LogP) is 3.71. The minimum Gasteiger partial charge on any atom is -0.490 e. The summed E-state index contributed by atoms with van der Waals surface area (Å²) in [6.07, 6.45) is 2.08. The van der Waals surface area contributed by atoms with Gasteiger partial charge in [-0.3, -0.25) is 14.9 Å². The minimum atomic E-state index is -0.373. The molecule has 0 radical (unpaired) electrons. The van der Waals surface area contributed by atoms with Gasteiger partial charge in [-0.1, -0.05) is 19.1 Å². The molecule has 170 valence electrons. The van der Waals surface area contributed by atoms with E-state index in [-0.39, 0.29) is 16.9 Å². The normalized spacial score (nSPS) is 14.0. The molecule has 1 aliphatic heterocycles. The number of para-hydroxylation sites is 1. The molecule has 0 spiro atoms. The summed E-state index contributed by atoms with van der Waals surface area (Å²) in [6, 6.07) is 14.0. The molecule has 1 fully saturated rings. The van der Waals surface area contributed by atoms with E-state index in [2.05, 4.69) is 17.6 Å². The number of ether oxygens (including phenoxy) is 2. The van der Waals surface area contributed by atoms with Crippen molar-refractivity contribution in [2.75, 3.05) is 38.7 Å². The van der Waals surface area contributed by atoms with Crippen molar-refractivity contribution in [3.05, 3.63) is 59.7 Å². The van der Waals surface area contributed by atoms with Crippen LogP contribution in [0.25, 0.3) is 0 Å². The van der Waals surface area contributed by atoms with E-state index in [0.717, 1.165) is 25.9 Å². The van der Waals surface area contributed by atoms with Crippen LogP contribution in [0.1, 0.15) is 40.5 Å². The van der Waals surface area contributed by atoms with Gasteiger partial charge in [0, 0.05) is 31.5 Å². The number of hydrogen-bond donors (Lipinski definition) is 2. The molecule has 32 heavy (non-hydrogen) atoms. The minimum absolute atomic E-state index is 0.0457. The Morgan fingerprint density at radius 3 is 2.44 bits per heavy atom. The maximum atomic E-state index is 12.7. The van der Waals surface area contributed by atoms with Crippen molar-refractivity contribution in [3.8, 4) is 5.75 Å². The molecule has 7 nitrogen and oxygen atoms in total. The zero-order chi connectivity index (χ0) is 22.9. The molecule has 0 atom stereocenters. The second-order valence-electron chi connectivity index (χ2n) is 7.80. The first-order valence-corrected chi connectivity index (χ1v) is 11.1. The molecule has 2 N–H and O–H groups in total. The molecule has 1 heterocycles. The number of nitrogens with one attached hydrogen (secondary N) is 2. The Balaban J connectivity index is 1.55. The van der Waals surface area contributed by atoms with E-state index in [1.807, 2.05) is 4.90 Å². The average Bonchev–Trinajstić information content (AvgIpc) is 2.80. The summed E-state index contributed by atoms with van der Waals surface area (Å²) in [4.78, 5) is 27.2. The molecule has 1 saturated heterocycles. The molecule has 2 amide bonds. The smallest absolute Gasteiger partial charge is 0.261 e. The van der Waals surface area contributed by atoms with Crippen molar-refractivity contribution in [2.24, 2.45) is 5.92 Å². The SMILES string of the molecule is COCCOc1ccccc1C(=O)NC(=S)Nc1ccc(C(=O)N2CCC(C)CC2)cc1. The Bertz CT molecular complexity index is 941. The molecule has 2 aromatic rings. The van der Waals surface area contributed by atoms with Crippen LogP contribution in [0.5, 0.6) is 5.75 Å². The molecule has 0 aromatic heterocycles. The number of hydrogen-bond acceptors (Lipinski definition) is 5. The Hall–Kier alpha value is -2.97. The summed E-state index contributed by atoms with van der Waals surface area (Å²) in [6.45, 7) is 4.58. The monoisotopic (exact) mass is 455 g/mol. The third-order valence-corrected chi connectivity index (χ3v) is 5.57. The lowest BCUT2D eigenvalue weighted by Crippen LogP contribution is -2.37. The van der Waals surface area contributed by atoms with Crippen molar-refractivity contribution in [1.82, 2.24) is 10.2 Å². The van der Waals surface area contributed by atoms with Gasteiger partial charge in [0.2, 0.25) is 0 Å². The maximum absolute atomic E-state index is 12.7. The lowest BCUT2D eigenvalue weighted by Gasteiger charge is -2.30. The molecule has 0 unspecified atom stereocenters. The number of anilines is 1. The Morgan fingerprint density at radius 1 is 1.06 bits per heavy atom. The van der Waals surface area contributed by atoms with E-state index < -0.39 is 0 Å². The van der Waals surface area contributed by atoms with Crippen molar-refractivity contribution in [2.45, 2.75) is 19.8 Å². The summed E-state index contributed by atoms with van der Waals surface area (Å²) in [5, 5.41) is 5.80. The highest BCUT2D eigenvalue weighted by Gasteiger charge is 2.21. The van der Waals surface area contributed by atoms with Gasteiger partial charge in [-0.25, -0.2) is 0 Å². The number of thiocarbonyl (C=S) groups is 1. The Labute approximate surface area is 194 Å². The van der Waals surface area contributed by atoms with Gasteiger partial charge in [-0.2, -0.15) is 0 Å². The van der Waals surface area contributed by atoms with Crippen LogP contribution >= 0.6 is 12.2 Å². The van der Waals surface area contributed by atoms with E-state index in [1.54, 1.807) is 55.6 Å². The summed E-state index contributed by atoms with van der Waals surface area (Å²) in [5.41, 5.74) is 1.70. The van der Waals surface area contributed by atoms with Crippen LogP contribution < -0.4 is 15.4 Å². The Kier molecular flexibility index (Phi) is 8.58. The summed E-state index contributed by atoms with van der Waals surface area (Å²) in [7, 11) is 1.59. The number of amides is 2. The lowest BCUT2D eigenvalue weighted by molar-refractivity contribution is 0.0697. The van der Waals surface area contributed by atoms with Crippen LogP contribution in [0.4, 0.5) is 5.69 Å². The second kappa shape index (κ2) is 11.6. The highest BCUT2D eigenvalue weighted by atomic mass is 32.1. The summed E-state index contributed by atoms with van der Waals surface area (Å²) >= 11 is 5.28. The highest BCUT2D eigenvalue weighted by Crippen LogP contribution is 2.20. The maximum Gasteiger partial charge on any atom is 0.261 e. The van der Waals surface area contributed by atoms with Gasteiger partial charge in [-0.15, -0.1) is 0 Å². The van der Waals surface area contributed by atoms with Gasteiger partial charge in [0.15, 0.2) is 5.11 Å². The zero-order valence-electron chi connectivity index (χ0n) is 18.4. The van der Waals surface area contributed by atoms with Gasteiger partial charge in [0.05, 0.1) is 12.2 Å². The Morgan fingerprint density at radius 2 is 1.75 bits per heavy atom. The fourth-order valence-corrected chi connectivity index (χ4v) is 3.65. The van der Waals surface area contributed by atoms with E-state index in [4.69, 9.17) is 21.7 Å². The molecule has 2 aromatic carbocycles. The largest absolute Gasteiger partial charge is 0.490 e. The van der Waals surface area contributed by atoms with Crippen LogP contribution in [-0.2, 0) is 4.74 Å². The number of likely N-dealkylation sites (tertiary alicyclic amines) is 1. The molecule has 3 rings (SSSR count). The molecule has 0 bridgehead atoms. The van der Waals surface area contributed by atoms with Crippen molar-refractivity contribution in [1.29, 1.82) is 0 Å². The number of methoxy groups -OCH3 is 1. The number of rotatable bonds is 7. The van der Waals surface area contributed by atoms with Gasteiger partial charge in [0.25, 0.3) is 11.8 Å². The topological polar surface area (TPSA) is 79.9 Å². The van der Waals surface area contributed by atoms with Crippen molar-refractivity contribution < 1.29 is 19.1 Å². The van der Waals surface area contributed by atoms with Crippen LogP contribution in [0.3, 0.4) is 0 Å². The molecular formula is C24H29N3O4S. The van der Waals surface area contributed by atoms with Gasteiger partial charge in [0.1, 0.15) is 12.4 Å². The standard InChI is InChI=1S/C24H29N3O4S/c1-17-11-13-27(14-12-17)23(29)18-7-9-19(10-8-18)25-24(32)26-22(28)20-5-3-4-6-21(20)31-16-15-30-2/h3-10,17H,11-16H2,1-2H3,(H2,25,26,28,32). The van der Waals surface area contributed by atoms with Gasteiger partial charge in [-0.05, 0) is 67.4 Å². The second-order valence-corrected chi connectivity index (χ2v) is 8.21. The number of nitrogens with zero attached hydrogens (tertiary/aromatic N) is 1. The van der Waals surface area contributed by atoms with Crippen LogP contribution in [0.15, 0.2) is 48.5 Å². The fourth-order valence-electron chi connectivity index (χ4n) is 3.44. The number of benzene rings is 2. The van der Waals surface area contributed by atoms with Gasteiger partial charge >= 0.3 is 0 Å². The highest BCUT2D eigenvalue weighted by molar-refractivity contribution is 7.80. The number of piperidine rings is 1. The molecule has 0 aliphatic carbocycles. The van der Waals surface area contributed by atoms with Crippen LogP contribution in [-0.4, -0.2) is 55.2 Å². The third kappa shape index (κ3) is 6.51. The lowest BCUT2D eigenvalue weighted by atomic mass is 9.98. The van der Waals surface area contributed by atoms with Crippen LogP contribution in [0, 0.1) is 5.92 Å². The van der Waals surface area contributed by atoms with Gasteiger partial charge < -0.3 is 19.7 Å².